The van der Waals surface area contributed by atoms with Crippen molar-refractivity contribution in [1.82, 2.24) is 0 Å². The molecule has 0 aromatic heterocycles. The van der Waals surface area contributed by atoms with Gasteiger partial charge in [-0.1, -0.05) is 18.6 Å². The van der Waals surface area contributed by atoms with Gasteiger partial charge in [0.1, 0.15) is 0 Å². The first-order chi connectivity index (χ1) is 8.14. The van der Waals surface area contributed by atoms with Gasteiger partial charge < -0.3 is 9.84 Å². The molecule has 1 fully saturated rings. The molecule has 0 aliphatic heterocycles. The average molecular weight is 237 g/mol. The molecule has 17 heavy (non-hydrogen) atoms. The van der Waals surface area contributed by atoms with Gasteiger partial charge in [0.05, 0.1) is 18.6 Å². The second-order valence-electron chi connectivity index (χ2n) is 4.41. The quantitative estimate of drug-likeness (QED) is 0.642. The Labute approximate surface area is 99.2 Å². The molecule has 1 aliphatic carbocycles. The van der Waals surface area contributed by atoms with Crippen LogP contribution in [0.15, 0.2) is 18.2 Å². The van der Waals surface area contributed by atoms with Gasteiger partial charge in [0.15, 0.2) is 5.75 Å². The number of nitro groups is 1. The Bertz CT molecular complexity index is 435. The van der Waals surface area contributed by atoms with Crippen LogP contribution in [0.25, 0.3) is 0 Å². The maximum absolute atomic E-state index is 11.1. The van der Waals surface area contributed by atoms with Gasteiger partial charge in [-0.3, -0.25) is 10.1 Å². The molecule has 5 nitrogen and oxygen atoms in total. The summed E-state index contributed by atoms with van der Waals surface area (Å²) >= 11 is 0. The summed E-state index contributed by atoms with van der Waals surface area (Å²) in [6.45, 7) is -0.0546. The van der Waals surface area contributed by atoms with Crippen molar-refractivity contribution in [3.05, 3.63) is 33.9 Å². The molecule has 2 rings (SSSR count). The lowest BCUT2D eigenvalue weighted by Crippen LogP contribution is -2.38. The molecule has 0 atom stereocenters. The average Bonchev–Trinajstić information content (AvgIpc) is 2.27. The summed E-state index contributed by atoms with van der Waals surface area (Å²) in [5.41, 5.74) is 0.135. The monoisotopic (exact) mass is 237 g/mol. The smallest absolute Gasteiger partial charge is 0.314 e. The van der Waals surface area contributed by atoms with Crippen LogP contribution in [0.1, 0.15) is 24.8 Å². The number of methoxy groups -OCH3 is 1. The van der Waals surface area contributed by atoms with E-state index in [9.17, 15) is 15.2 Å². The van der Waals surface area contributed by atoms with Gasteiger partial charge >= 0.3 is 5.69 Å². The lowest BCUT2D eigenvalue weighted by Gasteiger charge is -2.40. The molecule has 1 aliphatic rings. The Hall–Kier alpha value is -1.62. The van der Waals surface area contributed by atoms with E-state index < -0.39 is 10.3 Å². The molecular formula is C12H15NO4. The number of nitro benzene ring substituents is 1. The van der Waals surface area contributed by atoms with E-state index in [4.69, 9.17) is 4.74 Å². The number of aliphatic hydroxyl groups excluding tert-OH is 1. The van der Waals surface area contributed by atoms with Gasteiger partial charge in [-0.15, -0.1) is 0 Å². The first-order valence-electron chi connectivity index (χ1n) is 5.57. The molecular weight excluding hydrogens is 222 g/mol. The Morgan fingerprint density at radius 3 is 2.65 bits per heavy atom. The van der Waals surface area contributed by atoms with E-state index in [2.05, 4.69) is 0 Å². The number of rotatable bonds is 4. The first-order valence-corrected chi connectivity index (χ1v) is 5.57. The van der Waals surface area contributed by atoms with Crippen LogP contribution < -0.4 is 4.74 Å². The summed E-state index contributed by atoms with van der Waals surface area (Å²) in [5.74, 6) is 0.257. The standard InChI is InChI=1S/C12H15NO4/c1-17-10-5-2-4-9(11(10)13(15)16)12(8-14)6-3-7-12/h2,4-5,14H,3,6-8H2,1H3. The highest BCUT2D eigenvalue weighted by molar-refractivity contribution is 5.56. The van der Waals surface area contributed by atoms with Crippen molar-refractivity contribution in [3.63, 3.8) is 0 Å². The van der Waals surface area contributed by atoms with E-state index in [-0.39, 0.29) is 18.0 Å². The van der Waals surface area contributed by atoms with Crippen LogP contribution in [0.2, 0.25) is 0 Å². The van der Waals surface area contributed by atoms with Crippen molar-refractivity contribution in [2.24, 2.45) is 0 Å². The highest BCUT2D eigenvalue weighted by atomic mass is 16.6. The molecule has 0 saturated heterocycles. The number of para-hydroxylation sites is 1. The molecule has 1 aromatic carbocycles. The molecule has 1 aromatic rings. The molecule has 1 N–H and O–H groups in total. The molecule has 0 bridgehead atoms. The number of hydrogen-bond acceptors (Lipinski definition) is 4. The van der Waals surface area contributed by atoms with Crippen molar-refractivity contribution < 1.29 is 14.8 Å². The van der Waals surface area contributed by atoms with Gasteiger partial charge in [0, 0.05) is 11.0 Å². The summed E-state index contributed by atoms with van der Waals surface area (Å²) in [4.78, 5) is 10.7. The Balaban J connectivity index is 2.56. The fourth-order valence-electron chi connectivity index (χ4n) is 2.42. The minimum Gasteiger partial charge on any atom is -0.490 e. The fraction of sp³-hybridized carbons (Fsp3) is 0.500. The Kier molecular flexibility index (Phi) is 3.02. The summed E-state index contributed by atoms with van der Waals surface area (Å²) in [7, 11) is 1.42. The largest absolute Gasteiger partial charge is 0.490 e. The van der Waals surface area contributed by atoms with Gasteiger partial charge in [-0.25, -0.2) is 0 Å². The highest BCUT2D eigenvalue weighted by Crippen LogP contribution is 2.48. The molecule has 5 heteroatoms. The van der Waals surface area contributed by atoms with Gasteiger partial charge in [-0.05, 0) is 18.9 Å². The number of hydrogen-bond donors (Lipinski definition) is 1. The highest BCUT2D eigenvalue weighted by Gasteiger charge is 2.43. The molecule has 0 spiro atoms. The predicted molar refractivity (Wildman–Crippen MR) is 62.3 cm³/mol. The van der Waals surface area contributed by atoms with Crippen LogP contribution in [0, 0.1) is 10.1 Å². The van der Waals surface area contributed by atoms with Crippen molar-refractivity contribution in [1.29, 1.82) is 0 Å². The maximum Gasteiger partial charge on any atom is 0.314 e. The SMILES string of the molecule is COc1cccc(C2(CO)CCC2)c1[N+](=O)[O-]. The zero-order valence-corrected chi connectivity index (χ0v) is 9.68. The van der Waals surface area contributed by atoms with Crippen LogP contribution in [0.5, 0.6) is 5.75 Å². The predicted octanol–water partition coefficient (Wildman–Crippen LogP) is 2.02. The van der Waals surface area contributed by atoms with Crippen molar-refractivity contribution in [2.75, 3.05) is 13.7 Å². The molecule has 0 radical (unpaired) electrons. The van der Waals surface area contributed by atoms with Crippen molar-refractivity contribution in [3.8, 4) is 5.75 Å². The number of aliphatic hydroxyl groups is 1. The molecule has 0 amide bonds. The minimum atomic E-state index is -0.447. The number of benzene rings is 1. The van der Waals surface area contributed by atoms with Gasteiger partial charge in [0.2, 0.25) is 0 Å². The van der Waals surface area contributed by atoms with Crippen molar-refractivity contribution >= 4 is 5.69 Å². The van der Waals surface area contributed by atoms with Crippen LogP contribution >= 0.6 is 0 Å². The van der Waals surface area contributed by atoms with Crippen LogP contribution in [0.3, 0.4) is 0 Å². The third-order valence-electron chi connectivity index (χ3n) is 3.59. The fourth-order valence-corrected chi connectivity index (χ4v) is 2.42. The van der Waals surface area contributed by atoms with Gasteiger partial charge in [-0.2, -0.15) is 0 Å². The maximum atomic E-state index is 11.1. The van der Waals surface area contributed by atoms with E-state index in [1.54, 1.807) is 18.2 Å². The lowest BCUT2D eigenvalue weighted by atomic mass is 9.64. The molecule has 92 valence electrons. The topological polar surface area (TPSA) is 72.6 Å². The zero-order valence-electron chi connectivity index (χ0n) is 9.68. The molecule has 0 heterocycles. The van der Waals surface area contributed by atoms with E-state index in [1.165, 1.54) is 7.11 Å². The number of nitrogens with zero attached hydrogens (tertiary/aromatic N) is 1. The Morgan fingerprint density at radius 2 is 2.24 bits per heavy atom. The van der Waals surface area contributed by atoms with E-state index in [0.29, 0.717) is 5.56 Å². The Morgan fingerprint density at radius 1 is 1.53 bits per heavy atom. The minimum absolute atomic E-state index is 0.0104. The van der Waals surface area contributed by atoms with E-state index in [1.807, 2.05) is 0 Å². The normalized spacial score (nSPS) is 17.3. The summed E-state index contributed by atoms with van der Waals surface area (Å²) in [6, 6.07) is 5.03. The van der Waals surface area contributed by atoms with Crippen LogP contribution in [0.4, 0.5) is 5.69 Å². The molecule has 0 unspecified atom stereocenters. The third-order valence-corrected chi connectivity index (χ3v) is 3.59. The third kappa shape index (κ3) is 1.76. The summed E-state index contributed by atoms with van der Waals surface area (Å²) in [5, 5.41) is 20.6. The summed E-state index contributed by atoms with van der Waals surface area (Å²) < 4.78 is 5.03. The number of ether oxygens (including phenoxy) is 1. The second kappa shape index (κ2) is 4.33. The van der Waals surface area contributed by atoms with E-state index in [0.717, 1.165) is 19.3 Å². The lowest BCUT2D eigenvalue weighted by molar-refractivity contribution is -0.387. The van der Waals surface area contributed by atoms with Crippen LogP contribution in [-0.4, -0.2) is 23.7 Å². The van der Waals surface area contributed by atoms with Crippen LogP contribution in [-0.2, 0) is 5.41 Å². The van der Waals surface area contributed by atoms with Gasteiger partial charge in [0.25, 0.3) is 0 Å². The van der Waals surface area contributed by atoms with Crippen molar-refractivity contribution in [2.45, 2.75) is 24.7 Å². The van der Waals surface area contributed by atoms with E-state index >= 15 is 0 Å². The molecule has 1 saturated carbocycles. The first kappa shape index (κ1) is 11.9. The zero-order chi connectivity index (χ0) is 12.5. The second-order valence-corrected chi connectivity index (χ2v) is 4.41. The summed E-state index contributed by atoms with van der Waals surface area (Å²) in [6.07, 6.45) is 2.57.